The third-order valence-corrected chi connectivity index (χ3v) is 17.8. The van der Waals surface area contributed by atoms with Crippen molar-refractivity contribution in [1.29, 1.82) is 0 Å². The van der Waals surface area contributed by atoms with Crippen molar-refractivity contribution < 1.29 is 8.83 Å². The maximum Gasteiger partial charge on any atom is 0.143 e. The lowest BCUT2D eigenvalue weighted by molar-refractivity contribution is 0.590. The summed E-state index contributed by atoms with van der Waals surface area (Å²) < 4.78 is 13.4. The Morgan fingerprint density at radius 1 is 0.365 bits per heavy atom. The maximum absolute atomic E-state index is 6.91. The molecule has 3 aliphatic rings. The number of fused-ring (bicyclic) bond motifs is 18. The number of furan rings is 2. The molecule has 0 unspecified atom stereocenters. The Morgan fingerprint density at radius 3 is 1.64 bits per heavy atom. The summed E-state index contributed by atoms with van der Waals surface area (Å²) in [6, 6.07) is 68.3. The normalized spacial score (nSPS) is 15.4. The second-order valence-corrected chi connectivity index (χ2v) is 24.1. The number of rotatable bonds is 4. The van der Waals surface area contributed by atoms with Crippen molar-refractivity contribution in [3.8, 4) is 44.5 Å². The lowest BCUT2D eigenvalue weighted by Gasteiger charge is -2.30. The fraction of sp³-hybridized carbons (Fsp3) is 0.183. The van der Waals surface area contributed by atoms with E-state index in [0.717, 1.165) is 55.9 Å². The number of anilines is 3. The molecule has 0 N–H and O–H groups in total. The summed E-state index contributed by atoms with van der Waals surface area (Å²) in [6.07, 6.45) is 0. The average molecular weight is 956 g/mol. The van der Waals surface area contributed by atoms with Gasteiger partial charge in [-0.1, -0.05) is 165 Å². The van der Waals surface area contributed by atoms with Gasteiger partial charge in [0.25, 0.3) is 0 Å². The molecule has 0 spiro atoms. The summed E-state index contributed by atoms with van der Waals surface area (Å²) in [5.41, 5.74) is 26.0. The summed E-state index contributed by atoms with van der Waals surface area (Å²) in [7, 11) is 0. The van der Waals surface area contributed by atoms with E-state index in [1.807, 2.05) is 0 Å². The van der Waals surface area contributed by atoms with Crippen LogP contribution in [0.4, 0.5) is 17.1 Å². The molecular weight excluding hydrogens is 899 g/mol. The number of para-hydroxylation sites is 2. The molecule has 0 fully saturated rings. The molecule has 0 aliphatic heterocycles. The first-order chi connectivity index (χ1) is 35.6. The van der Waals surface area contributed by atoms with Crippen molar-refractivity contribution in [2.45, 2.75) is 84.0 Å². The van der Waals surface area contributed by atoms with Crippen molar-refractivity contribution >= 4 is 71.7 Å². The van der Waals surface area contributed by atoms with Crippen LogP contribution in [0.2, 0.25) is 0 Å². The van der Waals surface area contributed by atoms with Gasteiger partial charge in [-0.05, 0) is 173 Å². The summed E-state index contributed by atoms with van der Waals surface area (Å²) >= 11 is 0. The van der Waals surface area contributed by atoms with E-state index in [9.17, 15) is 0 Å². The van der Waals surface area contributed by atoms with Gasteiger partial charge in [0, 0.05) is 60.4 Å². The topological polar surface area (TPSA) is 29.5 Å². The van der Waals surface area contributed by atoms with Gasteiger partial charge in [0.15, 0.2) is 0 Å². The van der Waals surface area contributed by atoms with E-state index in [0.29, 0.717) is 0 Å². The molecule has 3 heteroatoms. The largest absolute Gasteiger partial charge is 0.456 e. The van der Waals surface area contributed by atoms with Crippen LogP contribution in [0.1, 0.15) is 101 Å². The molecule has 3 nitrogen and oxygen atoms in total. The van der Waals surface area contributed by atoms with Crippen LogP contribution in [-0.4, -0.2) is 0 Å². The number of hydrogen-bond donors (Lipinski definition) is 0. The van der Waals surface area contributed by atoms with Gasteiger partial charge in [-0.2, -0.15) is 0 Å². The molecule has 0 bridgehead atoms. The number of hydrogen-bond acceptors (Lipinski definition) is 3. The second kappa shape index (κ2) is 14.5. The van der Waals surface area contributed by atoms with Crippen LogP contribution in [-0.2, 0) is 21.7 Å². The molecule has 0 amide bonds. The minimum Gasteiger partial charge on any atom is -0.456 e. The predicted molar refractivity (Wildman–Crippen MR) is 310 cm³/mol. The monoisotopic (exact) mass is 955 g/mol. The number of benzene rings is 10. The standard InChI is InChI=1S/C71H57NO2/c1-68(2,3)43-24-26-44(27-25-43)72(45-28-30-47-52-38-58-53(39-57(52)70(6,7)55(47)35-45)64-54(69(58,4)5)32-33-62-65(64)49-18-12-14-20-60(49)73-62)46-29-31-48-56(36-46)71(8,9)59-37-51(42-23-22-40-16-10-11-17-41(40)34-42)67-66(63(48)59)50-19-13-15-21-61(50)74-67/h10-39H,1-9H3. The number of nitrogens with zero attached hydrogens (tertiary/aromatic N) is 1. The molecule has 12 aromatic rings. The molecule has 0 saturated carbocycles. The SMILES string of the molecule is CC(C)(C)c1ccc(N(c2ccc3c(c2)C(C)(C)c2cc4c(cc2-3)C(C)(C)c2ccc3oc5ccccc5c3c2-4)c2ccc3c(c2)C(C)(C)c2cc(-c4ccc5ccccc5c4)c4oc5ccccc5c4c2-3)cc1. The van der Waals surface area contributed by atoms with Crippen molar-refractivity contribution in [1.82, 2.24) is 0 Å². The van der Waals surface area contributed by atoms with Crippen LogP contribution in [0.3, 0.4) is 0 Å². The summed E-state index contributed by atoms with van der Waals surface area (Å²) in [6.45, 7) is 21.3. The fourth-order valence-electron chi connectivity index (χ4n) is 13.7. The maximum atomic E-state index is 6.91. The molecule has 10 aromatic carbocycles. The highest BCUT2D eigenvalue weighted by Gasteiger charge is 2.44. The first-order valence-electron chi connectivity index (χ1n) is 26.4. The van der Waals surface area contributed by atoms with Crippen LogP contribution in [0.25, 0.3) is 99.2 Å². The van der Waals surface area contributed by atoms with Crippen molar-refractivity contribution in [3.63, 3.8) is 0 Å². The highest BCUT2D eigenvalue weighted by Crippen LogP contribution is 2.60. The van der Waals surface area contributed by atoms with Gasteiger partial charge in [0.2, 0.25) is 0 Å². The van der Waals surface area contributed by atoms with Gasteiger partial charge in [0.1, 0.15) is 22.3 Å². The zero-order chi connectivity index (χ0) is 50.4. The van der Waals surface area contributed by atoms with E-state index in [2.05, 4.69) is 249 Å². The zero-order valence-corrected chi connectivity index (χ0v) is 43.6. The predicted octanol–water partition coefficient (Wildman–Crippen LogP) is 20.0. The molecule has 2 aromatic heterocycles. The minimum atomic E-state index is -0.316. The molecule has 74 heavy (non-hydrogen) atoms. The highest BCUT2D eigenvalue weighted by molar-refractivity contribution is 6.19. The van der Waals surface area contributed by atoms with Gasteiger partial charge < -0.3 is 13.7 Å². The molecule has 0 radical (unpaired) electrons. The third kappa shape index (κ3) is 5.78. The second-order valence-electron chi connectivity index (χ2n) is 24.1. The Labute approximate surface area is 432 Å². The Balaban J connectivity index is 0.896. The molecule has 358 valence electrons. The molecular formula is C71H57NO2. The van der Waals surface area contributed by atoms with E-state index in [1.54, 1.807) is 0 Å². The molecule has 3 aliphatic carbocycles. The lowest BCUT2D eigenvalue weighted by atomic mass is 9.79. The van der Waals surface area contributed by atoms with E-state index in [4.69, 9.17) is 8.83 Å². The van der Waals surface area contributed by atoms with Crippen LogP contribution in [0.5, 0.6) is 0 Å². The van der Waals surface area contributed by atoms with Crippen molar-refractivity contribution in [2.75, 3.05) is 4.90 Å². The van der Waals surface area contributed by atoms with E-state index in [1.165, 1.54) is 99.3 Å². The van der Waals surface area contributed by atoms with Crippen molar-refractivity contribution in [2.24, 2.45) is 0 Å². The van der Waals surface area contributed by atoms with Gasteiger partial charge in [-0.25, -0.2) is 0 Å². The molecule has 0 atom stereocenters. The van der Waals surface area contributed by atoms with E-state index in [-0.39, 0.29) is 21.7 Å². The first kappa shape index (κ1) is 43.4. The van der Waals surface area contributed by atoms with E-state index < -0.39 is 0 Å². The highest BCUT2D eigenvalue weighted by atomic mass is 16.3. The average Bonchev–Trinajstić information content (AvgIpc) is 4.17. The Hall–Kier alpha value is -8.14. The first-order valence-corrected chi connectivity index (χ1v) is 26.4. The van der Waals surface area contributed by atoms with Crippen LogP contribution in [0, 0.1) is 0 Å². The van der Waals surface area contributed by atoms with Gasteiger partial charge >= 0.3 is 0 Å². The summed E-state index contributed by atoms with van der Waals surface area (Å²) in [4.78, 5) is 2.49. The van der Waals surface area contributed by atoms with Gasteiger partial charge in [0.05, 0.1) is 0 Å². The Bertz CT molecular complexity index is 4430. The van der Waals surface area contributed by atoms with Crippen molar-refractivity contribution in [3.05, 3.63) is 221 Å². The quantitative estimate of drug-likeness (QED) is 0.176. The summed E-state index contributed by atoms with van der Waals surface area (Å²) in [5, 5.41) is 7.20. The molecule has 15 rings (SSSR count). The smallest absolute Gasteiger partial charge is 0.143 e. The molecule has 0 saturated heterocycles. The van der Waals surface area contributed by atoms with Crippen LogP contribution in [0.15, 0.2) is 191 Å². The summed E-state index contributed by atoms with van der Waals surface area (Å²) in [5.74, 6) is 0. The minimum absolute atomic E-state index is 0.0241. The van der Waals surface area contributed by atoms with Gasteiger partial charge in [-0.3, -0.25) is 0 Å². The zero-order valence-electron chi connectivity index (χ0n) is 43.6. The Morgan fingerprint density at radius 2 is 0.905 bits per heavy atom. The van der Waals surface area contributed by atoms with Crippen LogP contribution >= 0.6 is 0 Å². The fourth-order valence-corrected chi connectivity index (χ4v) is 13.7. The van der Waals surface area contributed by atoms with Gasteiger partial charge in [-0.15, -0.1) is 0 Å². The molecule has 2 heterocycles. The Kier molecular flexibility index (Phi) is 8.54. The van der Waals surface area contributed by atoms with Crippen LogP contribution < -0.4 is 4.90 Å². The third-order valence-electron chi connectivity index (χ3n) is 17.8. The lowest BCUT2D eigenvalue weighted by Crippen LogP contribution is -2.18. The van der Waals surface area contributed by atoms with E-state index >= 15 is 0 Å².